The number of fused-ring (bicyclic) bond motifs is 1. The first-order valence-corrected chi connectivity index (χ1v) is 9.24. The maximum atomic E-state index is 13.7. The van der Waals surface area contributed by atoms with E-state index >= 15 is 0 Å². The van der Waals surface area contributed by atoms with Gasteiger partial charge < -0.3 is 25.6 Å². The van der Waals surface area contributed by atoms with Crippen molar-refractivity contribution < 1.29 is 18.9 Å². The summed E-state index contributed by atoms with van der Waals surface area (Å²) in [5, 5.41) is 25.0. The van der Waals surface area contributed by atoms with E-state index in [1.165, 1.54) is 6.20 Å². The van der Waals surface area contributed by atoms with E-state index in [1.807, 2.05) is 6.92 Å². The largest absolute Gasteiger partial charge is 0.487 e. The number of pyridine rings is 1. The van der Waals surface area contributed by atoms with E-state index in [1.54, 1.807) is 18.4 Å². The van der Waals surface area contributed by atoms with E-state index in [4.69, 9.17) is 20.5 Å². The van der Waals surface area contributed by atoms with Gasteiger partial charge in [0.15, 0.2) is 23.0 Å². The Labute approximate surface area is 171 Å². The Morgan fingerprint density at radius 3 is 2.87 bits per heavy atom. The highest BCUT2D eigenvalue weighted by Crippen LogP contribution is 2.32. The Balaban J connectivity index is 2.26. The normalized spacial score (nSPS) is 12.5. The van der Waals surface area contributed by atoms with Crippen molar-refractivity contribution in [3.8, 4) is 29.1 Å². The molecular weight excluding hydrogens is 393 g/mol. The smallest absolute Gasteiger partial charge is 0.179 e. The number of halogens is 1. The third-order valence-corrected chi connectivity index (χ3v) is 4.08. The Morgan fingerprint density at radius 1 is 1.47 bits per heavy atom. The molecule has 1 unspecified atom stereocenters. The van der Waals surface area contributed by atoms with Crippen LogP contribution in [0.3, 0.4) is 0 Å². The molecule has 11 heteroatoms. The topological polar surface area (TPSA) is 149 Å². The van der Waals surface area contributed by atoms with Gasteiger partial charge in [-0.05, 0) is 37.0 Å². The zero-order valence-electron chi connectivity index (χ0n) is 16.8. The van der Waals surface area contributed by atoms with Crippen molar-refractivity contribution in [2.45, 2.75) is 39.1 Å². The van der Waals surface area contributed by atoms with E-state index in [0.717, 1.165) is 6.21 Å². The SMILES string of the molecule is CCn1c(-c2nonc2C=N)nc2c(C#CC(C)(C)O)ncc(OCC(F)CN)c21. The number of imidazole rings is 1. The first-order valence-electron chi connectivity index (χ1n) is 9.24. The van der Waals surface area contributed by atoms with Gasteiger partial charge in [-0.3, -0.25) is 0 Å². The average Bonchev–Trinajstić information content (AvgIpc) is 3.33. The molecule has 0 aromatic carbocycles. The molecule has 0 bridgehead atoms. The van der Waals surface area contributed by atoms with E-state index in [9.17, 15) is 9.50 Å². The molecule has 0 fully saturated rings. The number of aromatic nitrogens is 5. The van der Waals surface area contributed by atoms with Gasteiger partial charge >= 0.3 is 0 Å². The second-order valence-electron chi connectivity index (χ2n) is 6.94. The summed E-state index contributed by atoms with van der Waals surface area (Å²) in [4.78, 5) is 8.88. The molecule has 0 saturated carbocycles. The number of hydrogen-bond donors (Lipinski definition) is 3. The maximum absolute atomic E-state index is 13.7. The van der Waals surface area contributed by atoms with Gasteiger partial charge in [-0.1, -0.05) is 5.92 Å². The molecule has 3 heterocycles. The molecule has 3 rings (SSSR count). The van der Waals surface area contributed by atoms with E-state index in [0.29, 0.717) is 34.8 Å². The van der Waals surface area contributed by atoms with Crippen LogP contribution in [0.4, 0.5) is 4.39 Å². The minimum absolute atomic E-state index is 0.169. The van der Waals surface area contributed by atoms with Crippen LogP contribution < -0.4 is 10.5 Å². The predicted molar refractivity (Wildman–Crippen MR) is 107 cm³/mol. The summed E-state index contributed by atoms with van der Waals surface area (Å²) in [6, 6.07) is 0. The van der Waals surface area contributed by atoms with Crippen LogP contribution in [0.1, 0.15) is 32.2 Å². The van der Waals surface area contributed by atoms with Crippen LogP contribution in [0.15, 0.2) is 10.8 Å². The Hall–Kier alpha value is -3.36. The lowest BCUT2D eigenvalue weighted by Gasteiger charge is -2.12. The zero-order chi connectivity index (χ0) is 21.9. The van der Waals surface area contributed by atoms with Crippen LogP contribution in [0, 0.1) is 17.3 Å². The maximum Gasteiger partial charge on any atom is 0.179 e. The average molecular weight is 415 g/mol. The molecule has 3 aromatic heterocycles. The first-order chi connectivity index (χ1) is 14.3. The Bertz CT molecular complexity index is 1120. The van der Waals surface area contributed by atoms with Gasteiger partial charge in [0.25, 0.3) is 0 Å². The quantitative estimate of drug-likeness (QED) is 0.386. The lowest BCUT2D eigenvalue weighted by atomic mass is 10.1. The fourth-order valence-corrected chi connectivity index (χ4v) is 2.70. The van der Waals surface area contributed by atoms with Gasteiger partial charge in [0.05, 0.1) is 6.20 Å². The highest BCUT2D eigenvalue weighted by molar-refractivity contribution is 5.91. The summed E-state index contributed by atoms with van der Waals surface area (Å²) in [5.74, 6) is 6.20. The second kappa shape index (κ2) is 8.56. The number of aliphatic hydroxyl groups is 1. The standard InChI is InChI=1S/C19H22FN7O3/c1-4-27-17-14(29-10-11(20)7-21)9-23-12(5-6-19(2,3)28)15(17)24-18(27)16-13(8-22)25-30-26-16/h8-9,11,22,28H,4,7,10,21H2,1-3H3. The number of alkyl halides is 1. The number of ether oxygens (including phenoxy) is 1. The molecule has 30 heavy (non-hydrogen) atoms. The molecule has 158 valence electrons. The van der Waals surface area contributed by atoms with Gasteiger partial charge in [0.2, 0.25) is 0 Å². The summed E-state index contributed by atoms with van der Waals surface area (Å²) >= 11 is 0. The molecule has 0 saturated heterocycles. The molecule has 4 N–H and O–H groups in total. The summed E-state index contributed by atoms with van der Waals surface area (Å²) < 4.78 is 25.8. The van der Waals surface area contributed by atoms with Crippen molar-refractivity contribution in [2.24, 2.45) is 5.73 Å². The number of nitrogens with zero attached hydrogens (tertiary/aromatic N) is 5. The van der Waals surface area contributed by atoms with E-state index < -0.39 is 11.8 Å². The van der Waals surface area contributed by atoms with E-state index in [-0.39, 0.29) is 24.5 Å². The lowest BCUT2D eigenvalue weighted by molar-refractivity contribution is 0.143. The van der Waals surface area contributed by atoms with Gasteiger partial charge in [0, 0.05) is 19.3 Å². The number of rotatable bonds is 7. The van der Waals surface area contributed by atoms with Gasteiger partial charge in [-0.25, -0.2) is 19.0 Å². The van der Waals surface area contributed by atoms with Crippen molar-refractivity contribution in [3.63, 3.8) is 0 Å². The molecular formula is C19H22FN7O3. The molecule has 0 aliphatic heterocycles. The van der Waals surface area contributed by atoms with Gasteiger partial charge in [0.1, 0.15) is 35.1 Å². The molecule has 0 radical (unpaired) electrons. The van der Waals surface area contributed by atoms with Crippen LogP contribution >= 0.6 is 0 Å². The first kappa shape index (κ1) is 21.4. The van der Waals surface area contributed by atoms with Crippen LogP contribution in [-0.2, 0) is 6.54 Å². The number of hydrogen-bond acceptors (Lipinski definition) is 9. The summed E-state index contributed by atoms with van der Waals surface area (Å²) in [6.45, 7) is 5.02. The minimum atomic E-state index is -1.34. The van der Waals surface area contributed by atoms with Gasteiger partial charge in [-0.2, -0.15) is 0 Å². The summed E-state index contributed by atoms with van der Waals surface area (Å²) in [5.41, 5.74) is 5.77. The Morgan fingerprint density at radius 2 is 2.23 bits per heavy atom. The van der Waals surface area contributed by atoms with Crippen LogP contribution in [0.2, 0.25) is 0 Å². The minimum Gasteiger partial charge on any atom is -0.487 e. The monoisotopic (exact) mass is 415 g/mol. The summed E-state index contributed by atoms with van der Waals surface area (Å²) in [6.07, 6.45) is 1.09. The number of nitrogens with two attached hydrogens (primary N) is 1. The van der Waals surface area contributed by atoms with Gasteiger partial charge in [-0.15, -0.1) is 0 Å². The highest BCUT2D eigenvalue weighted by Gasteiger charge is 2.24. The second-order valence-corrected chi connectivity index (χ2v) is 6.94. The van der Waals surface area contributed by atoms with Crippen molar-refractivity contribution in [1.82, 2.24) is 24.8 Å². The van der Waals surface area contributed by atoms with Crippen LogP contribution in [0.25, 0.3) is 22.6 Å². The fourth-order valence-electron chi connectivity index (χ4n) is 2.70. The number of nitrogens with one attached hydrogen (secondary N) is 1. The molecule has 0 spiro atoms. The van der Waals surface area contributed by atoms with Crippen LogP contribution in [-0.4, -0.2) is 61.1 Å². The summed E-state index contributed by atoms with van der Waals surface area (Å²) in [7, 11) is 0. The zero-order valence-corrected chi connectivity index (χ0v) is 16.8. The molecule has 0 aliphatic rings. The number of aryl methyl sites for hydroxylation is 1. The Kier molecular flexibility index (Phi) is 6.09. The molecule has 1 atom stereocenters. The molecule has 0 amide bonds. The predicted octanol–water partition coefficient (Wildman–Crippen LogP) is 1.30. The fraction of sp³-hybridized carbons (Fsp3) is 0.421. The van der Waals surface area contributed by atoms with Crippen molar-refractivity contribution >= 4 is 17.2 Å². The lowest BCUT2D eigenvalue weighted by Crippen LogP contribution is -2.22. The van der Waals surface area contributed by atoms with Crippen molar-refractivity contribution in [1.29, 1.82) is 5.41 Å². The molecule has 0 aliphatic carbocycles. The van der Waals surface area contributed by atoms with Crippen molar-refractivity contribution in [2.75, 3.05) is 13.2 Å². The molecule has 10 nitrogen and oxygen atoms in total. The molecule has 3 aromatic rings. The van der Waals surface area contributed by atoms with Crippen molar-refractivity contribution in [3.05, 3.63) is 17.6 Å². The highest BCUT2D eigenvalue weighted by atomic mass is 19.1. The third kappa shape index (κ3) is 4.29. The van der Waals surface area contributed by atoms with E-state index in [2.05, 4.69) is 32.1 Å². The third-order valence-electron chi connectivity index (χ3n) is 4.08. The van der Waals surface area contributed by atoms with Crippen LogP contribution in [0.5, 0.6) is 5.75 Å².